The van der Waals surface area contributed by atoms with Crippen LogP contribution in [-0.4, -0.2) is 15.9 Å². The number of aromatic nitrogens is 2. The second-order valence-electron chi connectivity index (χ2n) is 5.33. The minimum atomic E-state index is -0.267. The Hall–Kier alpha value is -1.94. The van der Waals surface area contributed by atoms with E-state index in [-0.39, 0.29) is 11.8 Å². The van der Waals surface area contributed by atoms with Crippen LogP contribution in [0.5, 0.6) is 0 Å². The van der Waals surface area contributed by atoms with Crippen molar-refractivity contribution in [2.24, 2.45) is 0 Å². The number of anilines is 1. The van der Waals surface area contributed by atoms with Crippen LogP contribution in [0.25, 0.3) is 0 Å². The summed E-state index contributed by atoms with van der Waals surface area (Å²) in [7, 11) is 0. The van der Waals surface area contributed by atoms with Crippen molar-refractivity contribution in [3.63, 3.8) is 0 Å². The second-order valence-corrected chi connectivity index (χ2v) is 5.76. The van der Waals surface area contributed by atoms with Crippen LogP contribution in [0.15, 0.2) is 36.7 Å². The van der Waals surface area contributed by atoms with E-state index >= 15 is 0 Å². The fourth-order valence-corrected chi connectivity index (χ4v) is 2.35. The van der Waals surface area contributed by atoms with Crippen LogP contribution in [0.4, 0.5) is 5.82 Å². The minimum absolute atomic E-state index is 0.0836. The number of rotatable bonds is 4. The quantitative estimate of drug-likeness (QED) is 0.935. The largest absolute Gasteiger partial charge is 0.309 e. The zero-order valence-electron chi connectivity index (χ0n) is 11.7. The number of nitrogens with one attached hydrogen (secondary N) is 1. The fraction of sp³-hybridized carbons (Fsp3) is 0.312. The smallest absolute Gasteiger partial charge is 0.232 e. The van der Waals surface area contributed by atoms with Crippen molar-refractivity contribution < 1.29 is 4.79 Å². The van der Waals surface area contributed by atoms with Gasteiger partial charge in [0.25, 0.3) is 0 Å². The van der Waals surface area contributed by atoms with Gasteiger partial charge in [0.1, 0.15) is 0 Å². The molecule has 108 valence electrons. The zero-order valence-corrected chi connectivity index (χ0v) is 12.5. The van der Waals surface area contributed by atoms with E-state index in [0.29, 0.717) is 16.8 Å². The minimum Gasteiger partial charge on any atom is -0.309 e. The predicted molar refractivity (Wildman–Crippen MR) is 82.5 cm³/mol. The molecule has 0 radical (unpaired) electrons. The molecule has 1 saturated carbocycles. The van der Waals surface area contributed by atoms with Crippen LogP contribution in [0.3, 0.4) is 0 Å². The molecule has 1 aromatic carbocycles. The van der Waals surface area contributed by atoms with Gasteiger partial charge in [-0.1, -0.05) is 23.7 Å². The lowest BCUT2D eigenvalue weighted by Gasteiger charge is -2.13. The van der Waals surface area contributed by atoms with E-state index in [0.717, 1.165) is 24.1 Å². The first-order valence-corrected chi connectivity index (χ1v) is 7.40. The summed E-state index contributed by atoms with van der Waals surface area (Å²) in [6, 6.07) is 7.31. The first-order valence-electron chi connectivity index (χ1n) is 7.02. The summed E-state index contributed by atoms with van der Waals surface area (Å²) in [4.78, 5) is 21.0. The summed E-state index contributed by atoms with van der Waals surface area (Å²) in [5.41, 5.74) is 1.82. The van der Waals surface area contributed by atoms with Gasteiger partial charge in [0, 0.05) is 23.3 Å². The van der Waals surface area contributed by atoms with Crippen molar-refractivity contribution in [1.29, 1.82) is 0 Å². The number of hydrogen-bond donors (Lipinski definition) is 1. The molecule has 1 atom stereocenters. The molecule has 1 unspecified atom stereocenters. The Morgan fingerprint density at radius 3 is 2.57 bits per heavy atom. The normalized spacial score (nSPS) is 15.5. The average Bonchev–Trinajstić information content (AvgIpc) is 3.32. The number of nitrogens with zero attached hydrogens (tertiary/aromatic N) is 2. The summed E-state index contributed by atoms with van der Waals surface area (Å²) in [5.74, 6) is 0.682. The molecule has 3 rings (SSSR count). The highest BCUT2D eigenvalue weighted by Gasteiger charge is 2.29. The van der Waals surface area contributed by atoms with Crippen molar-refractivity contribution in [2.45, 2.75) is 31.6 Å². The maximum atomic E-state index is 12.4. The number of carbonyl (C=O) groups excluding carboxylic acids is 1. The first kappa shape index (κ1) is 14.0. The van der Waals surface area contributed by atoms with E-state index in [4.69, 9.17) is 11.6 Å². The molecule has 4 nitrogen and oxygen atoms in total. The maximum Gasteiger partial charge on any atom is 0.232 e. The van der Waals surface area contributed by atoms with Gasteiger partial charge in [-0.15, -0.1) is 0 Å². The molecule has 1 amide bonds. The molecule has 1 heterocycles. The number of benzene rings is 1. The Kier molecular flexibility index (Phi) is 3.88. The van der Waals surface area contributed by atoms with Gasteiger partial charge in [-0.05, 0) is 37.5 Å². The third-order valence-electron chi connectivity index (χ3n) is 3.70. The maximum absolute atomic E-state index is 12.4. The predicted octanol–water partition coefficient (Wildman–Crippen LogP) is 3.75. The van der Waals surface area contributed by atoms with E-state index in [1.807, 2.05) is 19.1 Å². The van der Waals surface area contributed by atoms with Gasteiger partial charge >= 0.3 is 0 Å². The molecule has 1 aliphatic carbocycles. The Morgan fingerprint density at radius 2 is 1.90 bits per heavy atom. The molecule has 21 heavy (non-hydrogen) atoms. The van der Waals surface area contributed by atoms with Crippen LogP contribution in [0.2, 0.25) is 5.02 Å². The van der Waals surface area contributed by atoms with Crippen LogP contribution >= 0.6 is 11.6 Å². The van der Waals surface area contributed by atoms with E-state index in [1.165, 1.54) is 0 Å². The molecule has 1 aromatic heterocycles. The topological polar surface area (TPSA) is 54.9 Å². The Morgan fingerprint density at radius 1 is 1.24 bits per heavy atom. The molecule has 0 spiro atoms. The SMILES string of the molecule is CC(C(=O)Nc1nccnc1C1CC1)c1ccc(Cl)cc1. The molecular weight excluding hydrogens is 286 g/mol. The highest BCUT2D eigenvalue weighted by atomic mass is 35.5. The monoisotopic (exact) mass is 301 g/mol. The molecule has 1 N–H and O–H groups in total. The number of amides is 1. The van der Waals surface area contributed by atoms with E-state index < -0.39 is 0 Å². The third-order valence-corrected chi connectivity index (χ3v) is 3.95. The van der Waals surface area contributed by atoms with E-state index in [2.05, 4.69) is 15.3 Å². The molecule has 0 bridgehead atoms. The fourth-order valence-electron chi connectivity index (χ4n) is 2.23. The summed E-state index contributed by atoms with van der Waals surface area (Å²) in [6.45, 7) is 1.87. The molecule has 1 aliphatic rings. The van der Waals surface area contributed by atoms with Crippen LogP contribution in [-0.2, 0) is 4.79 Å². The Bertz CT molecular complexity index is 653. The molecule has 1 fully saturated rings. The molecule has 0 saturated heterocycles. The summed E-state index contributed by atoms with van der Waals surface area (Å²) in [6.07, 6.45) is 5.52. The first-order chi connectivity index (χ1) is 10.1. The molecule has 2 aromatic rings. The van der Waals surface area contributed by atoms with E-state index in [1.54, 1.807) is 24.5 Å². The van der Waals surface area contributed by atoms with Gasteiger partial charge in [-0.3, -0.25) is 9.78 Å². The van der Waals surface area contributed by atoms with Crippen molar-refractivity contribution >= 4 is 23.3 Å². The second kappa shape index (κ2) is 5.82. The Balaban J connectivity index is 1.75. The molecular formula is C16H16ClN3O. The summed E-state index contributed by atoms with van der Waals surface area (Å²) >= 11 is 5.87. The van der Waals surface area contributed by atoms with E-state index in [9.17, 15) is 4.79 Å². The molecule has 5 heteroatoms. The lowest BCUT2D eigenvalue weighted by Crippen LogP contribution is -2.20. The number of halogens is 1. The summed E-state index contributed by atoms with van der Waals surface area (Å²) < 4.78 is 0. The van der Waals surface area contributed by atoms with Crippen LogP contribution in [0.1, 0.15) is 42.9 Å². The van der Waals surface area contributed by atoms with Crippen molar-refractivity contribution in [3.8, 4) is 0 Å². The zero-order chi connectivity index (χ0) is 14.8. The van der Waals surface area contributed by atoms with Gasteiger partial charge in [-0.25, -0.2) is 4.98 Å². The average molecular weight is 302 g/mol. The Labute approximate surface area is 128 Å². The highest BCUT2D eigenvalue weighted by molar-refractivity contribution is 6.30. The van der Waals surface area contributed by atoms with Crippen molar-refractivity contribution in [2.75, 3.05) is 5.32 Å². The van der Waals surface area contributed by atoms with Crippen LogP contribution in [0, 0.1) is 0 Å². The molecule has 0 aliphatic heterocycles. The number of carbonyl (C=O) groups is 1. The van der Waals surface area contributed by atoms with Crippen LogP contribution < -0.4 is 5.32 Å². The highest BCUT2D eigenvalue weighted by Crippen LogP contribution is 2.41. The summed E-state index contributed by atoms with van der Waals surface area (Å²) in [5, 5.41) is 3.56. The van der Waals surface area contributed by atoms with Gasteiger partial charge < -0.3 is 5.32 Å². The number of hydrogen-bond acceptors (Lipinski definition) is 3. The lowest BCUT2D eigenvalue weighted by atomic mass is 10.0. The van der Waals surface area contributed by atoms with Gasteiger partial charge in [0.05, 0.1) is 11.6 Å². The van der Waals surface area contributed by atoms with Crippen molar-refractivity contribution in [3.05, 3.63) is 52.9 Å². The van der Waals surface area contributed by atoms with Crippen molar-refractivity contribution in [1.82, 2.24) is 9.97 Å². The lowest BCUT2D eigenvalue weighted by molar-refractivity contribution is -0.117. The third kappa shape index (κ3) is 3.22. The standard InChI is InChI=1S/C16H16ClN3O/c1-10(11-4-6-13(17)7-5-11)16(21)20-15-14(12-2-3-12)18-8-9-19-15/h4-10,12H,2-3H2,1H3,(H,19,20,21). The van der Waals surface area contributed by atoms with Gasteiger partial charge in [0.2, 0.25) is 5.91 Å². The van der Waals surface area contributed by atoms with Gasteiger partial charge in [-0.2, -0.15) is 0 Å². The van der Waals surface area contributed by atoms with Gasteiger partial charge in [0.15, 0.2) is 5.82 Å².